The molecule has 7 nitrogen and oxygen atoms in total. The van der Waals surface area contributed by atoms with E-state index in [1.807, 2.05) is 17.9 Å². The number of aliphatic hydroxyl groups is 1. The summed E-state index contributed by atoms with van der Waals surface area (Å²) in [7, 11) is 1.65. The van der Waals surface area contributed by atoms with Crippen LogP contribution in [-0.4, -0.2) is 90.1 Å². The zero-order chi connectivity index (χ0) is 21.0. The summed E-state index contributed by atoms with van der Waals surface area (Å²) in [6.07, 6.45) is 2.68. The maximum absolute atomic E-state index is 12.3. The molecule has 0 radical (unpaired) electrons. The van der Waals surface area contributed by atoms with Crippen LogP contribution in [0.25, 0.3) is 0 Å². The van der Waals surface area contributed by atoms with Crippen LogP contribution in [0.1, 0.15) is 36.5 Å². The molecule has 0 spiro atoms. The van der Waals surface area contributed by atoms with E-state index in [-0.39, 0.29) is 25.0 Å². The van der Waals surface area contributed by atoms with Crippen molar-refractivity contribution in [2.24, 2.45) is 0 Å². The minimum atomic E-state index is -0.196. The summed E-state index contributed by atoms with van der Waals surface area (Å²) in [6, 6.07) is 6.32. The van der Waals surface area contributed by atoms with Crippen LogP contribution in [0, 0.1) is 0 Å². The summed E-state index contributed by atoms with van der Waals surface area (Å²) >= 11 is 6.32. The fourth-order valence-corrected chi connectivity index (χ4v) is 4.34. The van der Waals surface area contributed by atoms with Gasteiger partial charge in [0.05, 0.1) is 23.2 Å². The van der Waals surface area contributed by atoms with Gasteiger partial charge in [0.25, 0.3) is 5.91 Å². The predicted molar refractivity (Wildman–Crippen MR) is 114 cm³/mol. The van der Waals surface area contributed by atoms with Crippen LogP contribution in [-0.2, 0) is 4.79 Å². The standard InChI is InChI=1S/C21H31ClN4O3/c1-3-20(28)25-8-6-17(7-9-25)26-13-16(14-26)23-15-4-5-18(19(22)12-15)21(29)24(2)10-11-27/h4-5,12,16-17,23,27H,3,6-11,13-14H2,1-2H3. The van der Waals surface area contributed by atoms with Crippen molar-refractivity contribution >= 4 is 29.1 Å². The number of carbonyl (C=O) groups excluding carboxylic acids is 2. The summed E-state index contributed by atoms with van der Waals surface area (Å²) in [6.45, 7) is 5.80. The van der Waals surface area contributed by atoms with E-state index in [4.69, 9.17) is 16.7 Å². The summed E-state index contributed by atoms with van der Waals surface area (Å²) < 4.78 is 0. The second-order valence-corrected chi connectivity index (χ2v) is 8.31. The van der Waals surface area contributed by atoms with Crippen LogP contribution in [0.5, 0.6) is 0 Å². The minimum absolute atomic E-state index is 0.0778. The lowest BCUT2D eigenvalue weighted by Gasteiger charge is -2.47. The number of piperidine rings is 1. The molecule has 0 unspecified atom stereocenters. The zero-order valence-corrected chi connectivity index (χ0v) is 18.0. The smallest absolute Gasteiger partial charge is 0.255 e. The molecule has 2 heterocycles. The van der Waals surface area contributed by atoms with E-state index in [2.05, 4.69) is 10.2 Å². The number of anilines is 1. The number of nitrogens with one attached hydrogen (secondary N) is 1. The summed E-state index contributed by atoms with van der Waals surface area (Å²) in [4.78, 5) is 30.1. The van der Waals surface area contributed by atoms with Gasteiger partial charge in [-0.25, -0.2) is 0 Å². The van der Waals surface area contributed by atoms with Gasteiger partial charge < -0.3 is 20.2 Å². The molecule has 2 aliphatic rings. The number of likely N-dealkylation sites (tertiary alicyclic amines) is 2. The Bertz CT molecular complexity index is 731. The van der Waals surface area contributed by atoms with Gasteiger partial charge in [-0.2, -0.15) is 0 Å². The Balaban J connectivity index is 1.46. The Kier molecular flexibility index (Phi) is 7.38. The van der Waals surface area contributed by atoms with E-state index < -0.39 is 0 Å². The molecule has 0 saturated carbocycles. The fourth-order valence-electron chi connectivity index (χ4n) is 4.08. The summed E-state index contributed by atoms with van der Waals surface area (Å²) in [5, 5.41) is 12.9. The summed E-state index contributed by atoms with van der Waals surface area (Å²) in [5.74, 6) is 0.0614. The van der Waals surface area contributed by atoms with Crippen LogP contribution >= 0.6 is 11.6 Å². The van der Waals surface area contributed by atoms with Crippen LogP contribution in [0.2, 0.25) is 5.02 Å². The molecule has 160 valence electrons. The number of nitrogens with zero attached hydrogens (tertiary/aromatic N) is 3. The molecule has 1 aromatic rings. The third kappa shape index (κ3) is 5.21. The molecular formula is C21H31ClN4O3. The average Bonchev–Trinajstić information content (AvgIpc) is 2.69. The molecule has 8 heteroatoms. The lowest BCUT2D eigenvalue weighted by atomic mass is 9.97. The fraction of sp³-hybridized carbons (Fsp3) is 0.619. The molecule has 29 heavy (non-hydrogen) atoms. The highest BCUT2D eigenvalue weighted by molar-refractivity contribution is 6.34. The molecule has 2 fully saturated rings. The number of rotatable bonds is 7. The van der Waals surface area contributed by atoms with Crippen molar-refractivity contribution in [2.45, 2.75) is 38.3 Å². The lowest BCUT2D eigenvalue weighted by molar-refractivity contribution is -0.132. The maximum atomic E-state index is 12.3. The van der Waals surface area contributed by atoms with Crippen molar-refractivity contribution in [2.75, 3.05) is 51.7 Å². The Morgan fingerprint density at radius 1 is 1.28 bits per heavy atom. The molecule has 1 aromatic carbocycles. The number of hydrogen-bond donors (Lipinski definition) is 2. The van der Waals surface area contributed by atoms with Gasteiger partial charge in [-0.15, -0.1) is 0 Å². The van der Waals surface area contributed by atoms with E-state index in [0.29, 0.717) is 29.1 Å². The first-order chi connectivity index (χ1) is 13.9. The number of likely N-dealkylation sites (N-methyl/N-ethyl adjacent to an activating group) is 1. The minimum Gasteiger partial charge on any atom is -0.395 e. The molecule has 0 atom stereocenters. The van der Waals surface area contributed by atoms with Gasteiger partial charge in [-0.3, -0.25) is 14.5 Å². The number of aliphatic hydroxyl groups excluding tert-OH is 1. The number of benzene rings is 1. The highest BCUT2D eigenvalue weighted by atomic mass is 35.5. The zero-order valence-electron chi connectivity index (χ0n) is 17.2. The molecule has 3 rings (SSSR count). The molecular weight excluding hydrogens is 392 g/mol. The van der Waals surface area contributed by atoms with E-state index in [1.54, 1.807) is 19.2 Å². The molecule has 2 N–H and O–H groups in total. The Morgan fingerprint density at radius 2 is 1.97 bits per heavy atom. The molecule has 2 aliphatic heterocycles. The van der Waals surface area contributed by atoms with Crippen LogP contribution in [0.4, 0.5) is 5.69 Å². The van der Waals surface area contributed by atoms with Gasteiger partial charge in [0.2, 0.25) is 5.91 Å². The SMILES string of the molecule is CCC(=O)N1CCC(N2CC(Nc3ccc(C(=O)N(C)CCO)c(Cl)c3)C2)CC1. The summed E-state index contributed by atoms with van der Waals surface area (Å²) in [5.41, 5.74) is 1.35. The number of carbonyl (C=O) groups is 2. The van der Waals surface area contributed by atoms with Gasteiger partial charge in [-0.1, -0.05) is 18.5 Å². The van der Waals surface area contributed by atoms with Gasteiger partial charge in [0.15, 0.2) is 0 Å². The highest BCUT2D eigenvalue weighted by Gasteiger charge is 2.34. The number of amides is 2. The monoisotopic (exact) mass is 422 g/mol. The first-order valence-corrected chi connectivity index (χ1v) is 10.7. The van der Waals surface area contributed by atoms with Gasteiger partial charge in [-0.05, 0) is 31.0 Å². The molecule has 0 aromatic heterocycles. The third-order valence-electron chi connectivity index (χ3n) is 5.90. The Labute approximate surface area is 177 Å². The van der Waals surface area contributed by atoms with Crippen LogP contribution < -0.4 is 5.32 Å². The van der Waals surface area contributed by atoms with Crippen LogP contribution in [0.15, 0.2) is 18.2 Å². The van der Waals surface area contributed by atoms with E-state index in [0.717, 1.165) is 44.7 Å². The van der Waals surface area contributed by atoms with Crippen molar-refractivity contribution in [1.29, 1.82) is 0 Å². The molecule has 0 aliphatic carbocycles. The van der Waals surface area contributed by atoms with Gasteiger partial charge in [0.1, 0.15) is 0 Å². The van der Waals surface area contributed by atoms with Crippen molar-refractivity contribution in [3.8, 4) is 0 Å². The lowest BCUT2D eigenvalue weighted by Crippen LogP contribution is -2.60. The first-order valence-electron chi connectivity index (χ1n) is 10.4. The Hall–Kier alpha value is -1.83. The molecule has 2 saturated heterocycles. The van der Waals surface area contributed by atoms with Gasteiger partial charge >= 0.3 is 0 Å². The van der Waals surface area contributed by atoms with Gasteiger partial charge in [0, 0.05) is 57.9 Å². The number of halogens is 1. The second kappa shape index (κ2) is 9.78. The van der Waals surface area contributed by atoms with E-state index >= 15 is 0 Å². The third-order valence-corrected chi connectivity index (χ3v) is 6.21. The van der Waals surface area contributed by atoms with Crippen molar-refractivity contribution in [3.05, 3.63) is 28.8 Å². The van der Waals surface area contributed by atoms with Crippen molar-refractivity contribution in [3.63, 3.8) is 0 Å². The molecule has 2 amide bonds. The quantitative estimate of drug-likeness (QED) is 0.701. The normalized spacial score (nSPS) is 18.4. The highest BCUT2D eigenvalue weighted by Crippen LogP contribution is 2.26. The molecule has 0 bridgehead atoms. The average molecular weight is 423 g/mol. The van der Waals surface area contributed by atoms with E-state index in [1.165, 1.54) is 4.90 Å². The van der Waals surface area contributed by atoms with Crippen molar-refractivity contribution in [1.82, 2.24) is 14.7 Å². The Morgan fingerprint density at radius 3 is 2.55 bits per heavy atom. The first kappa shape index (κ1) is 21.9. The topological polar surface area (TPSA) is 76.1 Å². The van der Waals surface area contributed by atoms with E-state index in [9.17, 15) is 9.59 Å². The van der Waals surface area contributed by atoms with Crippen molar-refractivity contribution < 1.29 is 14.7 Å². The number of hydrogen-bond acceptors (Lipinski definition) is 5. The predicted octanol–water partition coefficient (Wildman–Crippen LogP) is 1.90. The largest absolute Gasteiger partial charge is 0.395 e. The maximum Gasteiger partial charge on any atom is 0.255 e. The van der Waals surface area contributed by atoms with Crippen LogP contribution in [0.3, 0.4) is 0 Å². The second-order valence-electron chi connectivity index (χ2n) is 7.91.